The summed E-state index contributed by atoms with van der Waals surface area (Å²) in [5.41, 5.74) is 0. The molecule has 2 bridgehead atoms. The van der Waals surface area contributed by atoms with Crippen LogP contribution >= 0.6 is 0 Å². The molecular formula is C11H22N2O2S. The van der Waals surface area contributed by atoms with Gasteiger partial charge in [0, 0.05) is 13.1 Å². The smallest absolute Gasteiger partial charge is 0.214 e. The normalized spacial score (nSPS) is 31.9. The largest absolute Gasteiger partial charge is 0.316 e. The maximum Gasteiger partial charge on any atom is 0.214 e. The van der Waals surface area contributed by atoms with Gasteiger partial charge in [0.1, 0.15) is 0 Å². The minimum atomic E-state index is -3.02. The van der Waals surface area contributed by atoms with E-state index in [1.165, 1.54) is 6.42 Å². The van der Waals surface area contributed by atoms with Crippen molar-refractivity contribution in [2.24, 2.45) is 17.8 Å². The van der Waals surface area contributed by atoms with Gasteiger partial charge in [0.15, 0.2) is 0 Å². The van der Waals surface area contributed by atoms with Crippen LogP contribution in [0.2, 0.25) is 0 Å². The Hall–Kier alpha value is -0.130. The van der Waals surface area contributed by atoms with Gasteiger partial charge < -0.3 is 5.32 Å². The third kappa shape index (κ3) is 2.76. The molecule has 2 atom stereocenters. The zero-order valence-electron chi connectivity index (χ0n) is 10.1. The topological polar surface area (TPSA) is 49.4 Å². The zero-order valence-corrected chi connectivity index (χ0v) is 11.0. The molecule has 2 rings (SSSR count). The van der Waals surface area contributed by atoms with Gasteiger partial charge in [-0.15, -0.1) is 0 Å². The highest BCUT2D eigenvalue weighted by atomic mass is 32.2. The van der Waals surface area contributed by atoms with Crippen LogP contribution < -0.4 is 5.32 Å². The van der Waals surface area contributed by atoms with Crippen molar-refractivity contribution in [2.75, 3.05) is 31.9 Å². The molecule has 2 fully saturated rings. The van der Waals surface area contributed by atoms with Crippen LogP contribution in [0.25, 0.3) is 0 Å². The maximum absolute atomic E-state index is 12.1. The van der Waals surface area contributed by atoms with Crippen LogP contribution in [0.1, 0.15) is 20.3 Å². The zero-order chi connectivity index (χ0) is 11.8. The summed E-state index contributed by atoms with van der Waals surface area (Å²) in [5, 5.41) is 3.38. The number of nitrogens with one attached hydrogen (secondary N) is 1. The molecule has 5 heteroatoms. The Kier molecular flexibility index (Phi) is 3.56. The number of nitrogens with zero attached hydrogens (tertiary/aromatic N) is 1. The van der Waals surface area contributed by atoms with E-state index in [4.69, 9.17) is 0 Å². The van der Waals surface area contributed by atoms with E-state index in [0.717, 1.165) is 26.2 Å². The lowest BCUT2D eigenvalue weighted by molar-refractivity contribution is 0.158. The van der Waals surface area contributed by atoms with Crippen LogP contribution in [-0.4, -0.2) is 44.7 Å². The van der Waals surface area contributed by atoms with Gasteiger partial charge in [0.25, 0.3) is 0 Å². The van der Waals surface area contributed by atoms with Crippen LogP contribution in [0.5, 0.6) is 0 Å². The second-order valence-corrected chi connectivity index (χ2v) is 7.63. The Morgan fingerprint density at radius 3 is 2.31 bits per heavy atom. The summed E-state index contributed by atoms with van der Waals surface area (Å²) in [6.45, 7) is 7.32. The van der Waals surface area contributed by atoms with Crippen molar-refractivity contribution < 1.29 is 8.42 Å². The second kappa shape index (κ2) is 4.63. The van der Waals surface area contributed by atoms with Crippen molar-refractivity contribution in [3.8, 4) is 0 Å². The maximum atomic E-state index is 12.1. The lowest BCUT2D eigenvalue weighted by atomic mass is 9.87. The molecular weight excluding hydrogens is 224 g/mol. The fraction of sp³-hybridized carbons (Fsp3) is 1.00. The first kappa shape index (κ1) is 12.3. The Morgan fingerprint density at radius 1 is 1.25 bits per heavy atom. The van der Waals surface area contributed by atoms with Crippen molar-refractivity contribution in [2.45, 2.75) is 20.3 Å². The summed E-state index contributed by atoms with van der Waals surface area (Å²) >= 11 is 0. The standard InChI is InChI=1S/C11H22N2O2S/c1-9(2)8-16(14,15)13-6-10-3-11(7-13)5-12-4-10/h9-12H,3-8H2,1-2H3/t10-,11+. The lowest BCUT2D eigenvalue weighted by Gasteiger charge is -2.41. The number of fused-ring (bicyclic) bond motifs is 2. The van der Waals surface area contributed by atoms with E-state index < -0.39 is 10.0 Å². The summed E-state index contributed by atoms with van der Waals surface area (Å²) in [7, 11) is -3.02. The molecule has 94 valence electrons. The van der Waals surface area contributed by atoms with Crippen LogP contribution in [0.15, 0.2) is 0 Å². The average Bonchev–Trinajstić information content (AvgIpc) is 2.14. The average molecular weight is 246 g/mol. The molecule has 16 heavy (non-hydrogen) atoms. The Balaban J connectivity index is 2.04. The molecule has 2 saturated heterocycles. The molecule has 2 aliphatic rings. The Bertz CT molecular complexity index is 328. The third-order valence-electron chi connectivity index (χ3n) is 3.39. The molecule has 0 aromatic rings. The van der Waals surface area contributed by atoms with E-state index in [1.807, 2.05) is 13.8 Å². The molecule has 0 aromatic carbocycles. The van der Waals surface area contributed by atoms with Crippen LogP contribution in [-0.2, 0) is 10.0 Å². The highest BCUT2D eigenvalue weighted by Gasteiger charge is 2.35. The first-order valence-corrected chi connectivity index (χ1v) is 7.77. The molecule has 0 radical (unpaired) electrons. The third-order valence-corrected chi connectivity index (χ3v) is 5.57. The summed E-state index contributed by atoms with van der Waals surface area (Å²) in [5.74, 6) is 1.55. The predicted molar refractivity (Wildman–Crippen MR) is 64.7 cm³/mol. The fourth-order valence-electron chi connectivity index (χ4n) is 2.81. The van der Waals surface area contributed by atoms with Crippen molar-refractivity contribution >= 4 is 10.0 Å². The highest BCUT2D eigenvalue weighted by molar-refractivity contribution is 7.89. The molecule has 2 aliphatic heterocycles. The van der Waals surface area contributed by atoms with E-state index in [9.17, 15) is 8.42 Å². The van der Waals surface area contributed by atoms with Crippen molar-refractivity contribution in [1.29, 1.82) is 0 Å². The molecule has 2 heterocycles. The monoisotopic (exact) mass is 246 g/mol. The molecule has 0 amide bonds. The molecule has 0 unspecified atom stereocenters. The van der Waals surface area contributed by atoms with E-state index in [0.29, 0.717) is 17.6 Å². The summed E-state index contributed by atoms with van der Waals surface area (Å²) < 4.78 is 26.0. The molecule has 1 N–H and O–H groups in total. The molecule has 0 spiro atoms. The van der Waals surface area contributed by atoms with Gasteiger partial charge in [-0.05, 0) is 37.3 Å². The number of hydrogen-bond donors (Lipinski definition) is 1. The molecule has 0 aliphatic carbocycles. The van der Waals surface area contributed by atoms with Gasteiger partial charge in [-0.1, -0.05) is 13.8 Å². The quantitative estimate of drug-likeness (QED) is 0.789. The predicted octanol–water partition coefficient (Wildman–Crippen LogP) is 0.513. The lowest BCUT2D eigenvalue weighted by Crippen LogP contribution is -2.53. The molecule has 0 aromatic heterocycles. The molecule has 0 saturated carbocycles. The first-order chi connectivity index (χ1) is 7.47. The number of sulfonamides is 1. The van der Waals surface area contributed by atoms with Crippen LogP contribution in [0.4, 0.5) is 0 Å². The SMILES string of the molecule is CC(C)CS(=O)(=O)N1C[C@@H]2CNC[C@@H](C2)C1. The fourth-order valence-corrected chi connectivity index (χ4v) is 4.74. The second-order valence-electron chi connectivity index (χ2n) is 5.62. The van der Waals surface area contributed by atoms with Crippen molar-refractivity contribution in [3.05, 3.63) is 0 Å². The van der Waals surface area contributed by atoms with Gasteiger partial charge in [-0.2, -0.15) is 0 Å². The highest BCUT2D eigenvalue weighted by Crippen LogP contribution is 2.26. The minimum Gasteiger partial charge on any atom is -0.316 e. The first-order valence-electron chi connectivity index (χ1n) is 6.16. The summed E-state index contributed by atoms with van der Waals surface area (Å²) in [4.78, 5) is 0. The van der Waals surface area contributed by atoms with E-state index in [1.54, 1.807) is 4.31 Å². The Morgan fingerprint density at radius 2 is 1.81 bits per heavy atom. The minimum absolute atomic E-state index is 0.213. The van der Waals surface area contributed by atoms with Crippen molar-refractivity contribution in [3.63, 3.8) is 0 Å². The molecule has 4 nitrogen and oxygen atoms in total. The number of rotatable bonds is 3. The van der Waals surface area contributed by atoms with Crippen molar-refractivity contribution in [1.82, 2.24) is 9.62 Å². The Labute approximate surface area is 98.4 Å². The van der Waals surface area contributed by atoms with Crippen LogP contribution in [0, 0.1) is 17.8 Å². The van der Waals surface area contributed by atoms with E-state index in [-0.39, 0.29) is 5.92 Å². The van der Waals surface area contributed by atoms with Crippen LogP contribution in [0.3, 0.4) is 0 Å². The van der Waals surface area contributed by atoms with E-state index in [2.05, 4.69) is 5.32 Å². The summed E-state index contributed by atoms with van der Waals surface area (Å²) in [6, 6.07) is 0. The van der Waals surface area contributed by atoms with Gasteiger partial charge >= 0.3 is 0 Å². The van der Waals surface area contributed by atoms with Gasteiger partial charge in [0.2, 0.25) is 10.0 Å². The summed E-state index contributed by atoms with van der Waals surface area (Å²) in [6.07, 6.45) is 1.20. The van der Waals surface area contributed by atoms with Gasteiger partial charge in [-0.3, -0.25) is 0 Å². The number of hydrogen-bond acceptors (Lipinski definition) is 3. The van der Waals surface area contributed by atoms with Gasteiger partial charge in [0.05, 0.1) is 5.75 Å². The number of piperidine rings is 2. The van der Waals surface area contributed by atoms with E-state index >= 15 is 0 Å². The van der Waals surface area contributed by atoms with Gasteiger partial charge in [-0.25, -0.2) is 12.7 Å².